The number of hydrogen-bond donors (Lipinski definition) is 2. The molecule has 0 aliphatic carbocycles. The van der Waals surface area contributed by atoms with Gasteiger partial charge in [0.25, 0.3) is 0 Å². The van der Waals surface area contributed by atoms with Gasteiger partial charge in [0.05, 0.1) is 12.4 Å². The molecule has 0 radical (unpaired) electrons. The largest absolute Gasteiger partial charge is 0.372 e. The van der Waals surface area contributed by atoms with Gasteiger partial charge in [0.15, 0.2) is 0 Å². The molecule has 0 aliphatic heterocycles. The Balaban J connectivity index is 2.66. The topological polar surface area (TPSA) is 49.8 Å². The van der Waals surface area contributed by atoms with E-state index in [4.69, 9.17) is 0 Å². The van der Waals surface area contributed by atoms with Crippen LogP contribution in [0.15, 0.2) is 12.4 Å². The Morgan fingerprint density at radius 3 is 2.69 bits per heavy atom. The number of anilines is 2. The average molecular weight is 180 g/mol. The first-order valence-corrected chi connectivity index (χ1v) is 4.52. The minimum atomic E-state index is 0.432. The van der Waals surface area contributed by atoms with Crippen LogP contribution in [0, 0.1) is 0 Å². The maximum absolute atomic E-state index is 4.29. The van der Waals surface area contributed by atoms with Crippen LogP contribution in [0.3, 0.4) is 0 Å². The monoisotopic (exact) mass is 180 g/mol. The zero-order valence-electron chi connectivity index (χ0n) is 8.33. The molecule has 4 heteroatoms. The lowest BCUT2D eigenvalue weighted by Crippen LogP contribution is -2.14. The Bertz CT molecular complexity index is 262. The lowest BCUT2D eigenvalue weighted by Gasteiger charge is -2.11. The third-order valence-corrected chi connectivity index (χ3v) is 1.90. The van der Waals surface area contributed by atoms with Gasteiger partial charge in [-0.2, -0.15) is 0 Å². The summed E-state index contributed by atoms with van der Waals surface area (Å²) in [6.45, 7) is 4.25. The summed E-state index contributed by atoms with van der Waals surface area (Å²) in [5.41, 5.74) is 0. The molecule has 1 unspecified atom stereocenters. The Morgan fingerprint density at radius 2 is 2.08 bits per heavy atom. The normalized spacial score (nSPS) is 12.2. The summed E-state index contributed by atoms with van der Waals surface area (Å²) in [4.78, 5) is 8.35. The molecule has 0 bridgehead atoms. The Labute approximate surface area is 78.8 Å². The van der Waals surface area contributed by atoms with Gasteiger partial charge in [-0.15, -0.1) is 0 Å². The minimum absolute atomic E-state index is 0.432. The van der Waals surface area contributed by atoms with Crippen molar-refractivity contribution in [2.75, 3.05) is 17.7 Å². The van der Waals surface area contributed by atoms with Crippen molar-refractivity contribution in [3.63, 3.8) is 0 Å². The molecule has 0 aromatic carbocycles. The Kier molecular flexibility index (Phi) is 3.49. The smallest absolute Gasteiger partial charge is 0.147 e. The van der Waals surface area contributed by atoms with E-state index in [9.17, 15) is 0 Å². The zero-order chi connectivity index (χ0) is 9.68. The third kappa shape index (κ3) is 2.89. The molecule has 0 saturated heterocycles. The van der Waals surface area contributed by atoms with Crippen LogP contribution in [0.5, 0.6) is 0 Å². The van der Waals surface area contributed by atoms with Crippen LogP contribution in [-0.4, -0.2) is 23.1 Å². The summed E-state index contributed by atoms with van der Waals surface area (Å²) in [6.07, 6.45) is 4.50. The van der Waals surface area contributed by atoms with Crippen molar-refractivity contribution in [1.29, 1.82) is 0 Å². The van der Waals surface area contributed by atoms with Gasteiger partial charge in [-0.25, -0.2) is 4.98 Å². The number of nitrogens with zero attached hydrogens (tertiary/aromatic N) is 2. The van der Waals surface area contributed by atoms with Gasteiger partial charge in [-0.3, -0.25) is 4.98 Å². The standard InChI is InChI=1S/C9H16N4/c1-4-7(2)12-9-6-11-5-8(10-3)13-9/h5-7H,4H2,1-3H3,(H2,10,12,13). The molecule has 1 rings (SSSR count). The van der Waals surface area contributed by atoms with Gasteiger partial charge in [-0.05, 0) is 13.3 Å². The van der Waals surface area contributed by atoms with Crippen LogP contribution < -0.4 is 10.6 Å². The molecule has 1 heterocycles. The van der Waals surface area contributed by atoms with Gasteiger partial charge in [-0.1, -0.05) is 6.92 Å². The van der Waals surface area contributed by atoms with Gasteiger partial charge in [0, 0.05) is 13.1 Å². The molecule has 0 saturated carbocycles. The van der Waals surface area contributed by atoms with Crippen LogP contribution >= 0.6 is 0 Å². The molecule has 1 atom stereocenters. The first kappa shape index (κ1) is 9.77. The second kappa shape index (κ2) is 4.64. The number of nitrogens with one attached hydrogen (secondary N) is 2. The number of hydrogen-bond acceptors (Lipinski definition) is 4. The van der Waals surface area contributed by atoms with E-state index in [1.165, 1.54) is 0 Å². The van der Waals surface area contributed by atoms with E-state index in [2.05, 4.69) is 34.4 Å². The van der Waals surface area contributed by atoms with Crippen molar-refractivity contribution in [3.8, 4) is 0 Å². The van der Waals surface area contributed by atoms with E-state index < -0.39 is 0 Å². The van der Waals surface area contributed by atoms with Crippen LogP contribution in [0.25, 0.3) is 0 Å². The maximum Gasteiger partial charge on any atom is 0.147 e. The highest BCUT2D eigenvalue weighted by Crippen LogP contribution is 2.07. The SMILES string of the molecule is CCC(C)Nc1cncc(NC)n1. The molecule has 13 heavy (non-hydrogen) atoms. The van der Waals surface area contributed by atoms with E-state index >= 15 is 0 Å². The molecule has 4 nitrogen and oxygen atoms in total. The number of rotatable bonds is 4. The summed E-state index contributed by atoms with van der Waals surface area (Å²) in [7, 11) is 1.83. The van der Waals surface area contributed by atoms with E-state index in [1.807, 2.05) is 7.05 Å². The van der Waals surface area contributed by atoms with E-state index in [0.717, 1.165) is 18.1 Å². The summed E-state index contributed by atoms with van der Waals surface area (Å²) >= 11 is 0. The Morgan fingerprint density at radius 1 is 1.38 bits per heavy atom. The van der Waals surface area contributed by atoms with Gasteiger partial charge in [0.1, 0.15) is 11.6 Å². The second-order valence-electron chi connectivity index (χ2n) is 2.99. The highest BCUT2D eigenvalue weighted by molar-refractivity contribution is 5.41. The molecule has 0 aliphatic rings. The summed E-state index contributed by atoms with van der Waals surface area (Å²) in [5.74, 6) is 1.61. The van der Waals surface area contributed by atoms with Crippen LogP contribution in [-0.2, 0) is 0 Å². The van der Waals surface area contributed by atoms with E-state index in [0.29, 0.717) is 6.04 Å². The summed E-state index contributed by atoms with van der Waals surface area (Å²) < 4.78 is 0. The quantitative estimate of drug-likeness (QED) is 0.741. The lowest BCUT2D eigenvalue weighted by atomic mass is 10.3. The summed E-state index contributed by atoms with van der Waals surface area (Å²) in [6, 6.07) is 0.432. The minimum Gasteiger partial charge on any atom is -0.372 e. The lowest BCUT2D eigenvalue weighted by molar-refractivity contribution is 0.758. The molecular weight excluding hydrogens is 164 g/mol. The molecule has 72 valence electrons. The van der Waals surface area contributed by atoms with Crippen molar-refractivity contribution in [1.82, 2.24) is 9.97 Å². The van der Waals surface area contributed by atoms with Crippen molar-refractivity contribution in [2.45, 2.75) is 26.3 Å². The van der Waals surface area contributed by atoms with Crippen molar-refractivity contribution in [2.24, 2.45) is 0 Å². The first-order valence-electron chi connectivity index (χ1n) is 4.52. The highest BCUT2D eigenvalue weighted by Gasteiger charge is 2.00. The van der Waals surface area contributed by atoms with Gasteiger partial charge in [0.2, 0.25) is 0 Å². The molecule has 2 N–H and O–H groups in total. The molecule has 0 spiro atoms. The van der Waals surface area contributed by atoms with Crippen molar-refractivity contribution >= 4 is 11.6 Å². The maximum atomic E-state index is 4.29. The third-order valence-electron chi connectivity index (χ3n) is 1.90. The predicted molar refractivity (Wildman–Crippen MR) is 55.0 cm³/mol. The fourth-order valence-corrected chi connectivity index (χ4v) is 0.910. The van der Waals surface area contributed by atoms with Crippen molar-refractivity contribution in [3.05, 3.63) is 12.4 Å². The molecule has 0 fully saturated rings. The molecule has 0 amide bonds. The first-order chi connectivity index (χ1) is 6.26. The highest BCUT2D eigenvalue weighted by atomic mass is 15.1. The van der Waals surface area contributed by atoms with Gasteiger partial charge < -0.3 is 10.6 Å². The fourth-order valence-electron chi connectivity index (χ4n) is 0.910. The van der Waals surface area contributed by atoms with Crippen molar-refractivity contribution < 1.29 is 0 Å². The average Bonchev–Trinajstić information content (AvgIpc) is 2.18. The van der Waals surface area contributed by atoms with Crippen LogP contribution in [0.4, 0.5) is 11.6 Å². The van der Waals surface area contributed by atoms with Gasteiger partial charge >= 0.3 is 0 Å². The zero-order valence-corrected chi connectivity index (χ0v) is 8.33. The summed E-state index contributed by atoms with van der Waals surface area (Å²) in [5, 5.41) is 6.20. The predicted octanol–water partition coefficient (Wildman–Crippen LogP) is 1.73. The Hall–Kier alpha value is -1.32. The second-order valence-corrected chi connectivity index (χ2v) is 2.99. The molecular formula is C9H16N4. The fraction of sp³-hybridized carbons (Fsp3) is 0.556. The van der Waals surface area contributed by atoms with E-state index in [1.54, 1.807) is 12.4 Å². The molecule has 1 aromatic rings. The molecule has 1 aromatic heterocycles. The van der Waals surface area contributed by atoms with E-state index in [-0.39, 0.29) is 0 Å². The van der Waals surface area contributed by atoms with Crippen LogP contribution in [0.2, 0.25) is 0 Å². The van der Waals surface area contributed by atoms with Crippen LogP contribution in [0.1, 0.15) is 20.3 Å². The number of aromatic nitrogens is 2.